The molecule has 0 aliphatic carbocycles. The number of nitrogens with zero attached hydrogens (tertiary/aromatic N) is 3. The van der Waals surface area contributed by atoms with Gasteiger partial charge in [0.25, 0.3) is 0 Å². The number of nitrogens with one attached hydrogen (secondary N) is 1. The van der Waals surface area contributed by atoms with Crippen molar-refractivity contribution in [1.29, 1.82) is 0 Å². The van der Waals surface area contributed by atoms with Crippen molar-refractivity contribution in [1.82, 2.24) is 20.1 Å². The second-order valence-electron chi connectivity index (χ2n) is 4.37. The van der Waals surface area contributed by atoms with E-state index in [0.717, 1.165) is 23.6 Å². The van der Waals surface area contributed by atoms with Crippen molar-refractivity contribution >= 4 is 0 Å². The van der Waals surface area contributed by atoms with Crippen LogP contribution in [0, 0.1) is 6.92 Å². The number of hydrogen-bond acceptors (Lipinski definition) is 4. The molecule has 2 aromatic rings. The van der Waals surface area contributed by atoms with E-state index in [1.165, 1.54) is 5.56 Å². The molecule has 0 aliphatic rings. The first kappa shape index (κ1) is 13.5. The predicted molar refractivity (Wildman–Crippen MR) is 74.3 cm³/mol. The zero-order valence-corrected chi connectivity index (χ0v) is 11.8. The molecule has 0 fully saturated rings. The Kier molecular flexibility index (Phi) is 4.16. The highest BCUT2D eigenvalue weighted by atomic mass is 16.5. The van der Waals surface area contributed by atoms with Gasteiger partial charge in [0.2, 0.25) is 0 Å². The Labute approximate surface area is 113 Å². The van der Waals surface area contributed by atoms with Crippen LogP contribution in [0.5, 0.6) is 5.75 Å². The number of rotatable bonds is 5. The summed E-state index contributed by atoms with van der Waals surface area (Å²) in [5.41, 5.74) is 3.38. The van der Waals surface area contributed by atoms with E-state index in [4.69, 9.17) is 4.74 Å². The second-order valence-corrected chi connectivity index (χ2v) is 4.37. The largest absolute Gasteiger partial charge is 0.493 e. The fraction of sp³-hybridized carbons (Fsp3) is 0.429. The summed E-state index contributed by atoms with van der Waals surface area (Å²) in [7, 11) is 3.61. The van der Waals surface area contributed by atoms with Crippen molar-refractivity contribution in [2.75, 3.05) is 14.2 Å². The molecule has 1 atom stereocenters. The number of hydrogen-bond donors (Lipinski definition) is 1. The Morgan fingerprint density at radius 3 is 2.79 bits per heavy atom. The fourth-order valence-corrected chi connectivity index (χ4v) is 2.33. The fourth-order valence-electron chi connectivity index (χ4n) is 2.33. The Hall–Kier alpha value is -1.88. The summed E-state index contributed by atoms with van der Waals surface area (Å²) in [5, 5.41) is 7.71. The molecule has 1 unspecified atom stereocenters. The molecule has 5 nitrogen and oxygen atoms in total. The SMILES string of the molecule is CCn1ncc(OC)c1C(NC)c1ccncc1C. The topological polar surface area (TPSA) is 52.0 Å². The van der Waals surface area contributed by atoms with E-state index in [2.05, 4.69) is 29.2 Å². The average molecular weight is 260 g/mol. The molecule has 0 radical (unpaired) electrons. The molecular formula is C14H20N4O. The molecule has 2 rings (SSSR count). The highest BCUT2D eigenvalue weighted by Crippen LogP contribution is 2.30. The molecule has 2 aromatic heterocycles. The maximum atomic E-state index is 5.43. The van der Waals surface area contributed by atoms with Gasteiger partial charge in [0.1, 0.15) is 5.69 Å². The minimum atomic E-state index is 0.0420. The van der Waals surface area contributed by atoms with E-state index in [1.54, 1.807) is 13.3 Å². The van der Waals surface area contributed by atoms with Crippen LogP contribution in [0.1, 0.15) is 29.8 Å². The number of methoxy groups -OCH3 is 1. The third kappa shape index (κ3) is 2.46. The van der Waals surface area contributed by atoms with Gasteiger partial charge in [-0.15, -0.1) is 0 Å². The maximum Gasteiger partial charge on any atom is 0.161 e. The summed E-state index contributed by atoms with van der Waals surface area (Å²) in [6, 6.07) is 2.07. The normalized spacial score (nSPS) is 12.4. The van der Waals surface area contributed by atoms with E-state index >= 15 is 0 Å². The molecule has 5 heteroatoms. The molecule has 0 saturated heterocycles. The first-order valence-electron chi connectivity index (χ1n) is 6.40. The first-order chi connectivity index (χ1) is 9.22. The Bertz CT molecular complexity index is 529. The van der Waals surface area contributed by atoms with Crippen LogP contribution in [0.15, 0.2) is 24.7 Å². The lowest BCUT2D eigenvalue weighted by molar-refractivity contribution is 0.401. The van der Waals surface area contributed by atoms with Crippen LogP contribution < -0.4 is 10.1 Å². The van der Waals surface area contributed by atoms with Gasteiger partial charge in [0, 0.05) is 18.9 Å². The Morgan fingerprint density at radius 1 is 1.42 bits per heavy atom. The van der Waals surface area contributed by atoms with Crippen LogP contribution in [0.2, 0.25) is 0 Å². The van der Waals surface area contributed by atoms with Crippen molar-refractivity contribution < 1.29 is 4.74 Å². The van der Waals surface area contributed by atoms with Gasteiger partial charge < -0.3 is 10.1 Å². The summed E-state index contributed by atoms with van der Waals surface area (Å²) >= 11 is 0. The Morgan fingerprint density at radius 2 is 2.21 bits per heavy atom. The molecule has 19 heavy (non-hydrogen) atoms. The van der Waals surface area contributed by atoms with Crippen molar-refractivity contribution in [3.05, 3.63) is 41.5 Å². The van der Waals surface area contributed by atoms with Crippen LogP contribution in [0.25, 0.3) is 0 Å². The highest BCUT2D eigenvalue weighted by Gasteiger charge is 2.23. The number of ether oxygens (including phenoxy) is 1. The molecule has 1 N–H and O–H groups in total. The number of aryl methyl sites for hydroxylation is 2. The molecule has 102 valence electrons. The lowest BCUT2D eigenvalue weighted by Gasteiger charge is -2.20. The zero-order chi connectivity index (χ0) is 13.8. The minimum absolute atomic E-state index is 0.0420. The Balaban J connectivity index is 2.54. The number of aromatic nitrogens is 3. The quantitative estimate of drug-likeness (QED) is 0.892. The van der Waals surface area contributed by atoms with E-state index in [1.807, 2.05) is 30.2 Å². The van der Waals surface area contributed by atoms with Crippen LogP contribution in [-0.2, 0) is 6.54 Å². The van der Waals surface area contributed by atoms with Crippen LogP contribution in [0.4, 0.5) is 0 Å². The van der Waals surface area contributed by atoms with Gasteiger partial charge in [-0.25, -0.2) is 0 Å². The molecule has 0 spiro atoms. The van der Waals surface area contributed by atoms with Gasteiger partial charge in [-0.1, -0.05) is 0 Å². The standard InChI is InChI=1S/C14H20N4O/c1-5-18-14(12(19-4)9-17-18)13(15-3)11-6-7-16-8-10(11)2/h6-9,13,15H,5H2,1-4H3. The summed E-state index contributed by atoms with van der Waals surface area (Å²) in [4.78, 5) is 4.15. The van der Waals surface area contributed by atoms with Crippen molar-refractivity contribution in [3.63, 3.8) is 0 Å². The first-order valence-corrected chi connectivity index (χ1v) is 6.40. The second kappa shape index (κ2) is 5.84. The van der Waals surface area contributed by atoms with Gasteiger partial charge in [-0.2, -0.15) is 5.10 Å². The van der Waals surface area contributed by atoms with Crippen molar-refractivity contribution in [2.24, 2.45) is 0 Å². The van der Waals surface area contributed by atoms with Gasteiger partial charge in [-0.05, 0) is 38.1 Å². The summed E-state index contributed by atoms with van der Waals surface area (Å²) in [5.74, 6) is 0.803. The van der Waals surface area contributed by atoms with Gasteiger partial charge in [0.15, 0.2) is 5.75 Å². The van der Waals surface area contributed by atoms with Gasteiger partial charge in [0.05, 0.1) is 19.3 Å². The van der Waals surface area contributed by atoms with E-state index in [-0.39, 0.29) is 6.04 Å². The van der Waals surface area contributed by atoms with E-state index in [9.17, 15) is 0 Å². The zero-order valence-electron chi connectivity index (χ0n) is 11.8. The van der Waals surface area contributed by atoms with E-state index in [0.29, 0.717) is 0 Å². The average Bonchev–Trinajstić information content (AvgIpc) is 2.85. The molecular weight excluding hydrogens is 240 g/mol. The molecule has 0 amide bonds. The molecule has 0 saturated carbocycles. The van der Waals surface area contributed by atoms with E-state index < -0.39 is 0 Å². The molecule has 2 heterocycles. The summed E-state index contributed by atoms with van der Waals surface area (Å²) in [6.07, 6.45) is 5.45. The van der Waals surface area contributed by atoms with Crippen molar-refractivity contribution in [3.8, 4) is 5.75 Å². The highest BCUT2D eigenvalue weighted by molar-refractivity contribution is 5.38. The van der Waals surface area contributed by atoms with Gasteiger partial charge in [-0.3, -0.25) is 9.67 Å². The third-order valence-corrected chi connectivity index (χ3v) is 3.30. The number of pyridine rings is 1. The summed E-state index contributed by atoms with van der Waals surface area (Å²) in [6.45, 7) is 4.94. The van der Waals surface area contributed by atoms with Crippen molar-refractivity contribution in [2.45, 2.75) is 26.4 Å². The smallest absolute Gasteiger partial charge is 0.161 e. The third-order valence-electron chi connectivity index (χ3n) is 3.30. The predicted octanol–water partition coefficient (Wildman–Crippen LogP) is 1.92. The molecule has 0 aliphatic heterocycles. The summed E-state index contributed by atoms with van der Waals surface area (Å²) < 4.78 is 7.39. The lowest BCUT2D eigenvalue weighted by Crippen LogP contribution is -2.23. The van der Waals surface area contributed by atoms with Crippen LogP contribution in [-0.4, -0.2) is 28.9 Å². The molecule has 0 aromatic carbocycles. The molecule has 0 bridgehead atoms. The monoisotopic (exact) mass is 260 g/mol. The van der Waals surface area contributed by atoms with Gasteiger partial charge >= 0.3 is 0 Å². The maximum absolute atomic E-state index is 5.43. The van der Waals surface area contributed by atoms with Crippen LogP contribution >= 0.6 is 0 Å². The van der Waals surface area contributed by atoms with Crippen LogP contribution in [0.3, 0.4) is 0 Å². The lowest BCUT2D eigenvalue weighted by atomic mass is 10.0. The minimum Gasteiger partial charge on any atom is -0.493 e.